The number of rotatable bonds is 3. The monoisotopic (exact) mass is 279 g/mol. The summed E-state index contributed by atoms with van der Waals surface area (Å²) in [6, 6.07) is 3.72. The van der Waals surface area contributed by atoms with Gasteiger partial charge >= 0.3 is 0 Å². The second-order valence-corrected chi connectivity index (χ2v) is 6.26. The molecule has 20 heavy (non-hydrogen) atoms. The average Bonchev–Trinajstić information content (AvgIpc) is 2.87. The molecule has 4 heteroatoms. The van der Waals surface area contributed by atoms with Gasteiger partial charge in [-0.1, -0.05) is 0 Å². The minimum absolute atomic E-state index is 0.238. The molecule has 1 aromatic carbocycles. The molecule has 0 radical (unpaired) electrons. The first kappa shape index (κ1) is 13.7. The van der Waals surface area contributed by atoms with Gasteiger partial charge in [0.1, 0.15) is 5.67 Å². The van der Waals surface area contributed by atoms with Crippen molar-refractivity contribution in [1.82, 2.24) is 5.32 Å². The van der Waals surface area contributed by atoms with Gasteiger partial charge in [-0.05, 0) is 75.4 Å². The quantitative estimate of drug-likeness (QED) is 0.922. The molecule has 1 unspecified atom stereocenters. The van der Waals surface area contributed by atoms with Crippen molar-refractivity contribution in [1.29, 1.82) is 0 Å². The van der Waals surface area contributed by atoms with Crippen molar-refractivity contribution >= 4 is 0 Å². The molecule has 0 bridgehead atoms. The van der Waals surface area contributed by atoms with Crippen LogP contribution in [0.5, 0.6) is 11.5 Å². The van der Waals surface area contributed by atoms with Gasteiger partial charge in [0.25, 0.3) is 0 Å². The smallest absolute Gasteiger partial charge is 0.231 e. The van der Waals surface area contributed by atoms with E-state index in [4.69, 9.17) is 9.47 Å². The van der Waals surface area contributed by atoms with Crippen LogP contribution in [0.2, 0.25) is 0 Å². The van der Waals surface area contributed by atoms with Crippen LogP contribution in [0.3, 0.4) is 0 Å². The van der Waals surface area contributed by atoms with Gasteiger partial charge in [-0.15, -0.1) is 0 Å². The van der Waals surface area contributed by atoms with E-state index in [1.165, 1.54) is 12.8 Å². The highest BCUT2D eigenvalue weighted by Crippen LogP contribution is 2.41. The van der Waals surface area contributed by atoms with Crippen molar-refractivity contribution in [2.75, 3.05) is 19.9 Å². The Bertz CT molecular complexity index is 490. The van der Waals surface area contributed by atoms with Crippen LogP contribution in [0.15, 0.2) is 12.1 Å². The van der Waals surface area contributed by atoms with E-state index in [1.54, 1.807) is 19.9 Å². The van der Waals surface area contributed by atoms with Gasteiger partial charge in [0, 0.05) is 0 Å². The number of hydrogen-bond acceptors (Lipinski definition) is 3. The first-order valence-electron chi connectivity index (χ1n) is 7.36. The van der Waals surface area contributed by atoms with Gasteiger partial charge < -0.3 is 14.8 Å². The molecule has 1 fully saturated rings. The highest BCUT2D eigenvalue weighted by molar-refractivity contribution is 5.52. The molecule has 0 spiro atoms. The lowest BCUT2D eigenvalue weighted by atomic mass is 9.89. The summed E-state index contributed by atoms with van der Waals surface area (Å²) in [7, 11) is 0. The second-order valence-electron chi connectivity index (χ2n) is 6.26. The van der Waals surface area contributed by atoms with Crippen LogP contribution in [0.4, 0.5) is 4.39 Å². The minimum atomic E-state index is -1.36. The molecule has 1 saturated heterocycles. The molecule has 2 aliphatic rings. The van der Waals surface area contributed by atoms with Gasteiger partial charge in [-0.2, -0.15) is 0 Å². The van der Waals surface area contributed by atoms with E-state index >= 15 is 0 Å². The van der Waals surface area contributed by atoms with Crippen molar-refractivity contribution < 1.29 is 13.9 Å². The Morgan fingerprint density at radius 2 is 2.20 bits per heavy atom. The standard InChI is InChI=1S/C16H22FNO2/c1-16(2,17)13-7-12(6-11-4-3-5-18-9-11)15-14(8-13)19-10-20-15/h7-8,11,18H,3-6,9-10H2,1-2H3. The van der Waals surface area contributed by atoms with Crippen LogP contribution >= 0.6 is 0 Å². The molecule has 1 aromatic rings. The van der Waals surface area contributed by atoms with Gasteiger partial charge in [-0.25, -0.2) is 4.39 Å². The maximum absolute atomic E-state index is 14.2. The van der Waals surface area contributed by atoms with Gasteiger partial charge in [0.15, 0.2) is 11.5 Å². The summed E-state index contributed by atoms with van der Waals surface area (Å²) >= 11 is 0. The number of benzene rings is 1. The Morgan fingerprint density at radius 1 is 1.35 bits per heavy atom. The van der Waals surface area contributed by atoms with E-state index in [1.807, 2.05) is 6.07 Å². The number of fused-ring (bicyclic) bond motifs is 1. The molecular weight excluding hydrogens is 257 g/mol. The van der Waals surface area contributed by atoms with Crippen LogP contribution in [0.1, 0.15) is 37.8 Å². The third-order valence-corrected chi connectivity index (χ3v) is 4.14. The number of piperidine rings is 1. The highest BCUT2D eigenvalue weighted by Gasteiger charge is 2.27. The summed E-state index contributed by atoms with van der Waals surface area (Å²) in [5.41, 5.74) is 0.385. The second kappa shape index (κ2) is 5.24. The molecule has 0 saturated carbocycles. The van der Waals surface area contributed by atoms with Gasteiger partial charge in [0.05, 0.1) is 0 Å². The van der Waals surface area contributed by atoms with E-state index in [9.17, 15) is 4.39 Å². The van der Waals surface area contributed by atoms with Crippen molar-refractivity contribution in [2.45, 2.75) is 38.8 Å². The number of hydrogen-bond donors (Lipinski definition) is 1. The zero-order valence-corrected chi connectivity index (χ0v) is 12.2. The molecule has 0 aliphatic carbocycles. The van der Waals surface area contributed by atoms with E-state index in [0.29, 0.717) is 17.2 Å². The van der Waals surface area contributed by atoms with Crippen LogP contribution < -0.4 is 14.8 Å². The number of alkyl halides is 1. The first-order valence-corrected chi connectivity index (χ1v) is 7.36. The average molecular weight is 279 g/mol. The fraction of sp³-hybridized carbons (Fsp3) is 0.625. The maximum atomic E-state index is 14.2. The fourth-order valence-corrected chi connectivity index (χ4v) is 2.99. The summed E-state index contributed by atoms with van der Waals surface area (Å²) in [5, 5.41) is 3.42. The van der Waals surface area contributed by atoms with E-state index in [2.05, 4.69) is 5.32 Å². The summed E-state index contributed by atoms with van der Waals surface area (Å²) in [5.74, 6) is 2.09. The topological polar surface area (TPSA) is 30.5 Å². The van der Waals surface area contributed by atoms with Crippen LogP contribution in [-0.4, -0.2) is 19.9 Å². The van der Waals surface area contributed by atoms with Crippen molar-refractivity contribution in [3.05, 3.63) is 23.3 Å². The molecule has 2 aliphatic heterocycles. The van der Waals surface area contributed by atoms with E-state index < -0.39 is 5.67 Å². The minimum Gasteiger partial charge on any atom is -0.454 e. The largest absolute Gasteiger partial charge is 0.454 e. The lowest BCUT2D eigenvalue weighted by Gasteiger charge is -2.24. The normalized spacial score (nSPS) is 22.1. The number of nitrogens with one attached hydrogen (secondary N) is 1. The molecule has 110 valence electrons. The lowest BCUT2D eigenvalue weighted by molar-refractivity contribution is 0.172. The molecule has 2 heterocycles. The Hall–Kier alpha value is -1.29. The van der Waals surface area contributed by atoms with Crippen LogP contribution in [0.25, 0.3) is 0 Å². The summed E-state index contributed by atoms with van der Waals surface area (Å²) in [6.45, 7) is 5.53. The number of halogens is 1. The molecule has 0 amide bonds. The molecule has 0 aromatic heterocycles. The zero-order chi connectivity index (χ0) is 14.2. The van der Waals surface area contributed by atoms with Crippen molar-refractivity contribution in [3.8, 4) is 11.5 Å². The van der Waals surface area contributed by atoms with Gasteiger partial charge in [0.2, 0.25) is 6.79 Å². The van der Waals surface area contributed by atoms with Crippen LogP contribution in [-0.2, 0) is 12.1 Å². The Morgan fingerprint density at radius 3 is 2.90 bits per heavy atom. The Balaban J connectivity index is 1.90. The maximum Gasteiger partial charge on any atom is 0.231 e. The number of ether oxygens (including phenoxy) is 2. The predicted molar refractivity (Wildman–Crippen MR) is 76.0 cm³/mol. The lowest BCUT2D eigenvalue weighted by Crippen LogP contribution is -2.31. The predicted octanol–water partition coefficient (Wildman–Crippen LogP) is 3.16. The summed E-state index contributed by atoms with van der Waals surface area (Å²) < 4.78 is 25.3. The molecule has 1 N–H and O–H groups in total. The summed E-state index contributed by atoms with van der Waals surface area (Å²) in [4.78, 5) is 0. The zero-order valence-electron chi connectivity index (χ0n) is 12.2. The van der Waals surface area contributed by atoms with Crippen LogP contribution in [0, 0.1) is 5.92 Å². The molecule has 3 rings (SSSR count). The highest BCUT2D eigenvalue weighted by atomic mass is 19.1. The van der Waals surface area contributed by atoms with E-state index in [-0.39, 0.29) is 6.79 Å². The van der Waals surface area contributed by atoms with Crippen molar-refractivity contribution in [2.24, 2.45) is 5.92 Å². The Kier molecular flexibility index (Phi) is 3.59. The third-order valence-electron chi connectivity index (χ3n) is 4.14. The molecular formula is C16H22FNO2. The van der Waals surface area contributed by atoms with E-state index in [0.717, 1.165) is 30.8 Å². The molecule has 3 nitrogen and oxygen atoms in total. The molecule has 1 atom stereocenters. The fourth-order valence-electron chi connectivity index (χ4n) is 2.99. The third kappa shape index (κ3) is 2.75. The summed E-state index contributed by atoms with van der Waals surface area (Å²) in [6.07, 6.45) is 3.34. The Labute approximate surface area is 119 Å². The first-order chi connectivity index (χ1) is 9.54. The van der Waals surface area contributed by atoms with Gasteiger partial charge in [-0.3, -0.25) is 0 Å². The van der Waals surface area contributed by atoms with Crippen molar-refractivity contribution in [3.63, 3.8) is 0 Å². The SMILES string of the molecule is CC(C)(F)c1cc(CC2CCCNC2)c2c(c1)OCO2.